The minimum Gasteiger partial charge on any atom is -0.463 e. The average molecular weight is 315 g/mol. The Bertz CT molecular complexity index is 631. The van der Waals surface area contributed by atoms with Crippen LogP contribution in [0, 0.1) is 6.92 Å². The van der Waals surface area contributed by atoms with E-state index >= 15 is 0 Å². The van der Waals surface area contributed by atoms with Crippen molar-refractivity contribution in [3.8, 4) is 0 Å². The van der Waals surface area contributed by atoms with E-state index in [1.807, 2.05) is 37.3 Å². The van der Waals surface area contributed by atoms with Gasteiger partial charge in [-0.05, 0) is 43.9 Å². The van der Waals surface area contributed by atoms with Gasteiger partial charge in [0.2, 0.25) is 5.91 Å². The number of hydrogen-bond donors (Lipinski definition) is 2. The first-order chi connectivity index (χ1) is 10.9. The van der Waals surface area contributed by atoms with Gasteiger partial charge in [0.05, 0.1) is 6.54 Å². The predicted octanol–water partition coefficient (Wildman–Crippen LogP) is 3.50. The molecule has 0 aliphatic rings. The third-order valence-corrected chi connectivity index (χ3v) is 4.10. The fourth-order valence-corrected chi connectivity index (χ4v) is 2.60. The first kappa shape index (κ1) is 17.3. The van der Waals surface area contributed by atoms with Gasteiger partial charge in [-0.2, -0.15) is 0 Å². The minimum atomic E-state index is -1.21. The van der Waals surface area contributed by atoms with Gasteiger partial charge in [0.15, 0.2) is 0 Å². The highest BCUT2D eigenvalue weighted by molar-refractivity contribution is 5.77. The largest absolute Gasteiger partial charge is 0.463 e. The third-order valence-electron chi connectivity index (χ3n) is 4.10. The summed E-state index contributed by atoms with van der Waals surface area (Å²) in [5, 5.41) is 13.3. The summed E-state index contributed by atoms with van der Waals surface area (Å²) < 4.78 is 5.45. The number of amides is 1. The molecular formula is C19H25NO3. The van der Waals surface area contributed by atoms with Crippen molar-refractivity contribution in [1.82, 2.24) is 5.32 Å². The van der Waals surface area contributed by atoms with E-state index in [1.165, 1.54) is 5.56 Å². The molecule has 0 aliphatic heterocycles. The number of nitrogens with one attached hydrogen (secondary N) is 1. The molecular weight excluding hydrogens is 290 g/mol. The molecule has 2 atom stereocenters. The number of carbonyl (C=O) groups is 1. The normalized spacial score (nSPS) is 15.0. The Balaban J connectivity index is 1.91. The standard InChI is InChI=1S/C19H25NO3/c1-4-15(16-8-6-5-7-9-16)12-18(21)20-13-19(3,22)17-11-10-14(2)23-17/h5-11,15,22H,4,12-13H2,1-3H3,(H,20,21). The second-order valence-corrected chi connectivity index (χ2v) is 6.18. The van der Waals surface area contributed by atoms with E-state index in [2.05, 4.69) is 12.2 Å². The van der Waals surface area contributed by atoms with Crippen LogP contribution in [-0.2, 0) is 10.4 Å². The average Bonchev–Trinajstić information content (AvgIpc) is 2.99. The number of aliphatic hydroxyl groups is 1. The molecule has 2 unspecified atom stereocenters. The summed E-state index contributed by atoms with van der Waals surface area (Å²) in [5.41, 5.74) is -0.0446. The van der Waals surface area contributed by atoms with Crippen LogP contribution in [0.5, 0.6) is 0 Å². The number of furan rings is 1. The van der Waals surface area contributed by atoms with Gasteiger partial charge in [-0.3, -0.25) is 4.79 Å². The highest BCUT2D eigenvalue weighted by atomic mass is 16.4. The fraction of sp³-hybridized carbons (Fsp3) is 0.421. The van der Waals surface area contributed by atoms with E-state index in [0.717, 1.165) is 12.2 Å². The van der Waals surface area contributed by atoms with Crippen LogP contribution >= 0.6 is 0 Å². The molecule has 2 rings (SSSR count). The van der Waals surface area contributed by atoms with Crippen LogP contribution in [0.15, 0.2) is 46.9 Å². The number of rotatable bonds is 7. The van der Waals surface area contributed by atoms with E-state index in [9.17, 15) is 9.90 Å². The van der Waals surface area contributed by atoms with Gasteiger partial charge >= 0.3 is 0 Å². The highest BCUT2D eigenvalue weighted by Gasteiger charge is 2.27. The molecule has 4 heteroatoms. The molecule has 23 heavy (non-hydrogen) atoms. The van der Waals surface area contributed by atoms with E-state index in [-0.39, 0.29) is 18.4 Å². The summed E-state index contributed by atoms with van der Waals surface area (Å²) in [5.74, 6) is 1.32. The van der Waals surface area contributed by atoms with E-state index < -0.39 is 5.60 Å². The summed E-state index contributed by atoms with van der Waals surface area (Å²) in [6.45, 7) is 5.67. The van der Waals surface area contributed by atoms with E-state index in [1.54, 1.807) is 19.1 Å². The lowest BCUT2D eigenvalue weighted by Gasteiger charge is -2.22. The van der Waals surface area contributed by atoms with Gasteiger partial charge in [0, 0.05) is 6.42 Å². The molecule has 0 spiro atoms. The van der Waals surface area contributed by atoms with E-state index in [4.69, 9.17) is 4.42 Å². The van der Waals surface area contributed by atoms with Crippen molar-refractivity contribution in [2.24, 2.45) is 0 Å². The smallest absolute Gasteiger partial charge is 0.220 e. The van der Waals surface area contributed by atoms with Crippen LogP contribution in [0.2, 0.25) is 0 Å². The lowest BCUT2D eigenvalue weighted by Crippen LogP contribution is -2.38. The molecule has 0 fully saturated rings. The molecule has 0 saturated carbocycles. The molecule has 0 aliphatic carbocycles. The Hall–Kier alpha value is -2.07. The van der Waals surface area contributed by atoms with Crippen molar-refractivity contribution < 1.29 is 14.3 Å². The highest BCUT2D eigenvalue weighted by Crippen LogP contribution is 2.24. The number of hydrogen-bond acceptors (Lipinski definition) is 3. The summed E-state index contributed by atoms with van der Waals surface area (Å²) in [6, 6.07) is 13.6. The number of aryl methyl sites for hydroxylation is 1. The Kier molecular flexibility index (Phi) is 5.61. The topological polar surface area (TPSA) is 62.5 Å². The monoisotopic (exact) mass is 315 g/mol. The maximum absolute atomic E-state index is 12.2. The van der Waals surface area contributed by atoms with Crippen molar-refractivity contribution in [2.75, 3.05) is 6.54 Å². The Morgan fingerprint density at radius 3 is 2.52 bits per heavy atom. The SMILES string of the molecule is CCC(CC(=O)NCC(C)(O)c1ccc(C)o1)c1ccccc1. The van der Waals surface area contributed by atoms with Gasteiger partial charge in [0.25, 0.3) is 0 Å². The molecule has 1 amide bonds. The molecule has 124 valence electrons. The van der Waals surface area contributed by atoms with Crippen LogP contribution in [0.25, 0.3) is 0 Å². The lowest BCUT2D eigenvalue weighted by atomic mass is 9.93. The van der Waals surface area contributed by atoms with Crippen LogP contribution in [0.1, 0.15) is 49.7 Å². The van der Waals surface area contributed by atoms with Crippen LogP contribution in [-0.4, -0.2) is 17.6 Å². The molecule has 1 heterocycles. The van der Waals surface area contributed by atoms with Crippen molar-refractivity contribution in [3.05, 3.63) is 59.5 Å². The summed E-state index contributed by atoms with van der Waals surface area (Å²) in [7, 11) is 0. The van der Waals surface area contributed by atoms with Gasteiger partial charge in [0.1, 0.15) is 17.1 Å². The third kappa shape index (κ3) is 4.70. The summed E-state index contributed by atoms with van der Waals surface area (Å²) >= 11 is 0. The molecule has 2 aromatic rings. The van der Waals surface area contributed by atoms with Crippen LogP contribution in [0.3, 0.4) is 0 Å². The molecule has 2 N–H and O–H groups in total. The molecule has 1 aromatic heterocycles. The van der Waals surface area contributed by atoms with Crippen molar-refractivity contribution >= 4 is 5.91 Å². The summed E-state index contributed by atoms with van der Waals surface area (Å²) in [6.07, 6.45) is 1.30. The minimum absolute atomic E-state index is 0.0655. The van der Waals surface area contributed by atoms with Gasteiger partial charge in [-0.1, -0.05) is 37.3 Å². The van der Waals surface area contributed by atoms with E-state index in [0.29, 0.717) is 12.2 Å². The van der Waals surface area contributed by atoms with Crippen molar-refractivity contribution in [3.63, 3.8) is 0 Å². The quantitative estimate of drug-likeness (QED) is 0.822. The zero-order valence-corrected chi connectivity index (χ0v) is 14.0. The molecule has 0 saturated heterocycles. The lowest BCUT2D eigenvalue weighted by molar-refractivity contribution is -0.122. The van der Waals surface area contributed by atoms with Gasteiger partial charge in [-0.25, -0.2) is 0 Å². The van der Waals surface area contributed by atoms with Crippen molar-refractivity contribution in [1.29, 1.82) is 0 Å². The zero-order valence-electron chi connectivity index (χ0n) is 14.0. The van der Waals surface area contributed by atoms with Gasteiger partial charge in [-0.15, -0.1) is 0 Å². The molecule has 4 nitrogen and oxygen atoms in total. The first-order valence-corrected chi connectivity index (χ1v) is 8.03. The fourth-order valence-electron chi connectivity index (χ4n) is 2.60. The Morgan fingerprint density at radius 2 is 1.96 bits per heavy atom. The maximum Gasteiger partial charge on any atom is 0.220 e. The van der Waals surface area contributed by atoms with Gasteiger partial charge < -0.3 is 14.8 Å². The molecule has 0 radical (unpaired) electrons. The maximum atomic E-state index is 12.2. The predicted molar refractivity (Wildman–Crippen MR) is 90.1 cm³/mol. The Labute approximate surface area is 137 Å². The second-order valence-electron chi connectivity index (χ2n) is 6.18. The summed E-state index contributed by atoms with van der Waals surface area (Å²) in [4.78, 5) is 12.2. The number of benzene rings is 1. The van der Waals surface area contributed by atoms with Crippen LogP contribution in [0.4, 0.5) is 0 Å². The van der Waals surface area contributed by atoms with Crippen molar-refractivity contribution in [2.45, 2.75) is 45.1 Å². The molecule has 0 bridgehead atoms. The number of carbonyl (C=O) groups excluding carboxylic acids is 1. The first-order valence-electron chi connectivity index (χ1n) is 8.03. The molecule has 1 aromatic carbocycles. The van der Waals surface area contributed by atoms with Crippen LogP contribution < -0.4 is 5.32 Å². The Morgan fingerprint density at radius 1 is 1.26 bits per heavy atom. The second kappa shape index (κ2) is 7.47. The zero-order chi connectivity index (χ0) is 16.9.